The van der Waals surface area contributed by atoms with Gasteiger partial charge in [0.05, 0.1) is 11.3 Å². The van der Waals surface area contributed by atoms with Gasteiger partial charge in [-0.2, -0.15) is 5.26 Å². The van der Waals surface area contributed by atoms with E-state index >= 15 is 0 Å². The van der Waals surface area contributed by atoms with Crippen LogP contribution in [0, 0.1) is 11.3 Å². The molecule has 108 valence electrons. The summed E-state index contributed by atoms with van der Waals surface area (Å²) in [6, 6.07) is 7.34. The number of hydrogen-bond donors (Lipinski definition) is 1. The van der Waals surface area contributed by atoms with E-state index in [9.17, 15) is 4.79 Å². The zero-order valence-electron chi connectivity index (χ0n) is 11.9. The van der Waals surface area contributed by atoms with Gasteiger partial charge >= 0.3 is 0 Å². The quantitative estimate of drug-likeness (QED) is 0.678. The highest BCUT2D eigenvalue weighted by atomic mass is 79.9. The summed E-state index contributed by atoms with van der Waals surface area (Å²) in [7, 11) is 0. The van der Waals surface area contributed by atoms with E-state index in [4.69, 9.17) is 5.26 Å². The zero-order chi connectivity index (χ0) is 14.8. The Morgan fingerprint density at radius 3 is 2.65 bits per heavy atom. The molecule has 4 heteroatoms. The molecule has 0 spiro atoms. The van der Waals surface area contributed by atoms with Crippen LogP contribution in [0.4, 0.5) is 5.69 Å². The predicted molar refractivity (Wildman–Crippen MR) is 85.5 cm³/mol. The van der Waals surface area contributed by atoms with Crippen molar-refractivity contribution in [1.82, 2.24) is 0 Å². The SMILES string of the molecule is CCCCCCCCC(=O)Nc1cc(Br)ccc1C#N. The Kier molecular flexibility index (Phi) is 7.98. The molecule has 1 aromatic rings. The number of halogens is 1. The van der Waals surface area contributed by atoms with Gasteiger partial charge in [0.2, 0.25) is 5.91 Å². The lowest BCUT2D eigenvalue weighted by Crippen LogP contribution is -2.12. The normalized spacial score (nSPS) is 10.1. The molecule has 0 bridgehead atoms. The van der Waals surface area contributed by atoms with E-state index in [0.29, 0.717) is 17.7 Å². The van der Waals surface area contributed by atoms with Crippen molar-refractivity contribution >= 4 is 27.5 Å². The first-order chi connectivity index (χ1) is 9.67. The van der Waals surface area contributed by atoms with Gasteiger partial charge in [0.1, 0.15) is 6.07 Å². The van der Waals surface area contributed by atoms with Gasteiger partial charge in [-0.25, -0.2) is 0 Å². The van der Waals surface area contributed by atoms with Crippen LogP contribution in [0.3, 0.4) is 0 Å². The van der Waals surface area contributed by atoms with Crippen LogP contribution in [0.15, 0.2) is 22.7 Å². The first-order valence-electron chi connectivity index (χ1n) is 7.17. The number of carbonyl (C=O) groups excluding carboxylic acids is 1. The number of carbonyl (C=O) groups is 1. The molecule has 0 saturated carbocycles. The molecule has 0 aliphatic carbocycles. The highest BCUT2D eigenvalue weighted by Gasteiger charge is 2.07. The van der Waals surface area contributed by atoms with Crippen LogP contribution in [0.5, 0.6) is 0 Å². The minimum atomic E-state index is -0.0184. The van der Waals surface area contributed by atoms with E-state index in [1.807, 2.05) is 0 Å². The van der Waals surface area contributed by atoms with Gasteiger partial charge in [0, 0.05) is 10.9 Å². The van der Waals surface area contributed by atoms with Crippen molar-refractivity contribution in [2.24, 2.45) is 0 Å². The fourth-order valence-electron chi connectivity index (χ4n) is 2.00. The maximum absolute atomic E-state index is 11.8. The Morgan fingerprint density at radius 2 is 1.95 bits per heavy atom. The average Bonchev–Trinajstić information content (AvgIpc) is 2.43. The van der Waals surface area contributed by atoms with Crippen LogP contribution < -0.4 is 5.32 Å². The molecule has 0 atom stereocenters. The molecule has 0 unspecified atom stereocenters. The number of unbranched alkanes of at least 4 members (excludes halogenated alkanes) is 5. The Labute approximate surface area is 129 Å². The average molecular weight is 337 g/mol. The van der Waals surface area contributed by atoms with Gasteiger partial charge in [-0.05, 0) is 24.6 Å². The highest BCUT2D eigenvalue weighted by Crippen LogP contribution is 2.21. The lowest BCUT2D eigenvalue weighted by atomic mass is 10.1. The van der Waals surface area contributed by atoms with E-state index in [0.717, 1.165) is 17.3 Å². The predicted octanol–water partition coefficient (Wildman–Crippen LogP) is 5.01. The minimum absolute atomic E-state index is 0.0184. The maximum atomic E-state index is 11.8. The summed E-state index contributed by atoms with van der Waals surface area (Å²) in [5.74, 6) is -0.0184. The van der Waals surface area contributed by atoms with Crippen molar-refractivity contribution in [3.05, 3.63) is 28.2 Å². The van der Waals surface area contributed by atoms with Gasteiger partial charge in [-0.1, -0.05) is 55.0 Å². The molecule has 0 aliphatic heterocycles. The van der Waals surface area contributed by atoms with Crippen molar-refractivity contribution in [3.8, 4) is 6.07 Å². The summed E-state index contributed by atoms with van der Waals surface area (Å²) in [6.45, 7) is 2.19. The second-order valence-corrected chi connectivity index (χ2v) is 5.78. The molecule has 0 radical (unpaired) electrons. The number of amides is 1. The van der Waals surface area contributed by atoms with E-state index in [2.05, 4.69) is 34.2 Å². The van der Waals surface area contributed by atoms with Gasteiger partial charge in [0.25, 0.3) is 0 Å². The number of nitriles is 1. The molecule has 1 N–H and O–H groups in total. The van der Waals surface area contributed by atoms with E-state index in [-0.39, 0.29) is 5.91 Å². The van der Waals surface area contributed by atoms with Gasteiger partial charge in [0.15, 0.2) is 0 Å². The molecule has 1 aromatic carbocycles. The van der Waals surface area contributed by atoms with Crippen LogP contribution in [-0.4, -0.2) is 5.91 Å². The molecule has 0 aliphatic rings. The molecule has 0 fully saturated rings. The van der Waals surface area contributed by atoms with Crippen LogP contribution in [-0.2, 0) is 4.79 Å². The third-order valence-electron chi connectivity index (χ3n) is 3.13. The molecule has 0 heterocycles. The van der Waals surface area contributed by atoms with E-state index < -0.39 is 0 Å². The van der Waals surface area contributed by atoms with Crippen molar-refractivity contribution in [1.29, 1.82) is 5.26 Å². The number of benzene rings is 1. The van der Waals surface area contributed by atoms with Crippen molar-refractivity contribution in [2.75, 3.05) is 5.32 Å². The molecule has 0 aromatic heterocycles. The van der Waals surface area contributed by atoms with Crippen LogP contribution in [0.1, 0.15) is 57.4 Å². The fourth-order valence-corrected chi connectivity index (χ4v) is 2.36. The van der Waals surface area contributed by atoms with Crippen molar-refractivity contribution in [3.63, 3.8) is 0 Å². The molecule has 20 heavy (non-hydrogen) atoms. The lowest BCUT2D eigenvalue weighted by molar-refractivity contribution is -0.116. The number of rotatable bonds is 8. The summed E-state index contributed by atoms with van der Waals surface area (Å²) in [4.78, 5) is 11.8. The summed E-state index contributed by atoms with van der Waals surface area (Å²) < 4.78 is 0.853. The molecule has 1 rings (SSSR count). The zero-order valence-corrected chi connectivity index (χ0v) is 13.5. The minimum Gasteiger partial charge on any atom is -0.325 e. The van der Waals surface area contributed by atoms with Gasteiger partial charge in [-0.3, -0.25) is 4.79 Å². The Bertz CT molecular complexity index is 480. The summed E-state index contributed by atoms with van der Waals surface area (Å²) in [5, 5.41) is 11.8. The van der Waals surface area contributed by atoms with Crippen molar-refractivity contribution in [2.45, 2.75) is 51.9 Å². The molecule has 1 amide bonds. The summed E-state index contributed by atoms with van der Waals surface area (Å²) in [6.07, 6.45) is 7.48. The monoisotopic (exact) mass is 336 g/mol. The smallest absolute Gasteiger partial charge is 0.224 e. The van der Waals surface area contributed by atoms with Crippen LogP contribution in [0.25, 0.3) is 0 Å². The Balaban J connectivity index is 2.36. The third kappa shape index (κ3) is 6.21. The first kappa shape index (κ1) is 16.7. The molecule has 3 nitrogen and oxygen atoms in total. The first-order valence-corrected chi connectivity index (χ1v) is 7.96. The maximum Gasteiger partial charge on any atom is 0.224 e. The molecule has 0 saturated heterocycles. The largest absolute Gasteiger partial charge is 0.325 e. The highest BCUT2D eigenvalue weighted by molar-refractivity contribution is 9.10. The van der Waals surface area contributed by atoms with Crippen molar-refractivity contribution < 1.29 is 4.79 Å². The third-order valence-corrected chi connectivity index (χ3v) is 3.63. The standard InChI is InChI=1S/C16H21BrN2O/c1-2-3-4-5-6-7-8-16(20)19-15-11-14(17)10-9-13(15)12-18/h9-11H,2-8H2,1H3,(H,19,20). The van der Waals surface area contributed by atoms with E-state index in [1.54, 1.807) is 18.2 Å². The Hall–Kier alpha value is -1.34. The number of anilines is 1. The topological polar surface area (TPSA) is 52.9 Å². The second-order valence-electron chi connectivity index (χ2n) is 4.87. The second kappa shape index (κ2) is 9.55. The Morgan fingerprint density at radius 1 is 1.25 bits per heavy atom. The summed E-state index contributed by atoms with van der Waals surface area (Å²) in [5.41, 5.74) is 1.07. The number of nitrogens with zero attached hydrogens (tertiary/aromatic N) is 1. The van der Waals surface area contributed by atoms with Crippen LogP contribution in [0.2, 0.25) is 0 Å². The molecular formula is C16H21BrN2O. The van der Waals surface area contributed by atoms with Gasteiger partial charge < -0.3 is 5.32 Å². The molecular weight excluding hydrogens is 316 g/mol. The van der Waals surface area contributed by atoms with E-state index in [1.165, 1.54) is 25.7 Å². The fraction of sp³-hybridized carbons (Fsp3) is 0.500. The number of hydrogen-bond acceptors (Lipinski definition) is 2. The lowest BCUT2D eigenvalue weighted by Gasteiger charge is -2.07. The van der Waals surface area contributed by atoms with Crippen LogP contribution >= 0.6 is 15.9 Å². The van der Waals surface area contributed by atoms with Gasteiger partial charge in [-0.15, -0.1) is 0 Å². The summed E-state index contributed by atoms with van der Waals surface area (Å²) >= 11 is 3.34. The number of nitrogens with one attached hydrogen (secondary N) is 1.